The van der Waals surface area contributed by atoms with E-state index in [9.17, 15) is 4.39 Å². The largest absolute Gasteiger partial charge is 0.396 e. The van der Waals surface area contributed by atoms with E-state index in [1.54, 1.807) is 12.1 Å². The Morgan fingerprint density at radius 2 is 1.93 bits per heavy atom. The Morgan fingerprint density at radius 3 is 2.43 bits per heavy atom. The second-order valence-corrected chi connectivity index (χ2v) is 3.13. The maximum Gasteiger partial charge on any atom is 0.123 e. The van der Waals surface area contributed by atoms with Crippen LogP contribution in [0.15, 0.2) is 24.3 Å². The molecule has 0 heterocycles. The highest BCUT2D eigenvalue weighted by atomic mass is 19.1. The smallest absolute Gasteiger partial charge is 0.123 e. The summed E-state index contributed by atoms with van der Waals surface area (Å²) in [6.07, 6.45) is 0.741. The van der Waals surface area contributed by atoms with Gasteiger partial charge in [0.15, 0.2) is 0 Å². The third kappa shape index (κ3) is 3.00. The summed E-state index contributed by atoms with van der Waals surface area (Å²) in [6.45, 7) is 3.91. The fraction of sp³-hybridized carbons (Fsp3) is 0.455. The van der Waals surface area contributed by atoms with Gasteiger partial charge >= 0.3 is 0 Å². The molecular formula is C11H16FNO. The molecule has 0 amide bonds. The highest BCUT2D eigenvalue weighted by Crippen LogP contribution is 2.14. The highest BCUT2D eigenvalue weighted by Gasteiger charge is 2.02. The summed E-state index contributed by atoms with van der Waals surface area (Å²) in [5.74, 6) is -0.216. The van der Waals surface area contributed by atoms with E-state index in [4.69, 9.17) is 5.11 Å². The minimum Gasteiger partial charge on any atom is -0.396 e. The van der Waals surface area contributed by atoms with Gasteiger partial charge in [-0.3, -0.25) is 0 Å². The van der Waals surface area contributed by atoms with Crippen molar-refractivity contribution in [3.63, 3.8) is 0 Å². The monoisotopic (exact) mass is 197 g/mol. The van der Waals surface area contributed by atoms with E-state index in [1.165, 1.54) is 12.1 Å². The third-order valence-corrected chi connectivity index (χ3v) is 2.16. The molecular weight excluding hydrogens is 181 g/mol. The summed E-state index contributed by atoms with van der Waals surface area (Å²) in [7, 11) is 0. The summed E-state index contributed by atoms with van der Waals surface area (Å²) >= 11 is 0. The fourth-order valence-electron chi connectivity index (χ4n) is 1.38. The van der Waals surface area contributed by atoms with Crippen molar-refractivity contribution < 1.29 is 9.50 Å². The Labute approximate surface area is 84.0 Å². The van der Waals surface area contributed by atoms with Crippen LogP contribution in [0.25, 0.3) is 0 Å². The molecule has 0 radical (unpaired) electrons. The summed E-state index contributed by atoms with van der Waals surface area (Å²) in [6, 6.07) is 6.43. The Bertz CT molecular complexity index is 260. The molecule has 78 valence electrons. The fourth-order valence-corrected chi connectivity index (χ4v) is 1.38. The van der Waals surface area contributed by atoms with Crippen LogP contribution >= 0.6 is 0 Å². The SMILES string of the molecule is CCN(CCCO)c1ccc(F)cc1. The zero-order valence-corrected chi connectivity index (χ0v) is 8.41. The molecule has 1 N–H and O–H groups in total. The summed E-state index contributed by atoms with van der Waals surface area (Å²) in [5.41, 5.74) is 1.00. The van der Waals surface area contributed by atoms with Gasteiger partial charge in [0.1, 0.15) is 5.82 Å². The quantitative estimate of drug-likeness (QED) is 0.780. The molecule has 0 aliphatic carbocycles. The van der Waals surface area contributed by atoms with Crippen LogP contribution in [0.1, 0.15) is 13.3 Å². The van der Waals surface area contributed by atoms with Gasteiger partial charge in [-0.15, -0.1) is 0 Å². The zero-order valence-electron chi connectivity index (χ0n) is 8.41. The summed E-state index contributed by atoms with van der Waals surface area (Å²) < 4.78 is 12.6. The second kappa shape index (κ2) is 5.60. The highest BCUT2D eigenvalue weighted by molar-refractivity contribution is 5.45. The average Bonchev–Trinajstić information content (AvgIpc) is 2.21. The number of halogens is 1. The lowest BCUT2D eigenvalue weighted by atomic mass is 10.2. The number of aliphatic hydroxyl groups is 1. The lowest BCUT2D eigenvalue weighted by Gasteiger charge is -2.22. The van der Waals surface area contributed by atoms with Crippen LogP contribution < -0.4 is 4.90 Å². The van der Waals surface area contributed by atoms with Crippen molar-refractivity contribution in [1.29, 1.82) is 0 Å². The second-order valence-electron chi connectivity index (χ2n) is 3.13. The first kappa shape index (κ1) is 11.0. The molecule has 14 heavy (non-hydrogen) atoms. The van der Waals surface area contributed by atoms with Crippen LogP contribution in [0, 0.1) is 5.82 Å². The van der Waals surface area contributed by atoms with Gasteiger partial charge in [-0.2, -0.15) is 0 Å². The van der Waals surface area contributed by atoms with E-state index >= 15 is 0 Å². The molecule has 0 aliphatic heterocycles. The number of nitrogens with zero attached hydrogens (tertiary/aromatic N) is 1. The maximum atomic E-state index is 12.6. The van der Waals surface area contributed by atoms with Crippen molar-refractivity contribution >= 4 is 5.69 Å². The lowest BCUT2D eigenvalue weighted by molar-refractivity contribution is 0.289. The van der Waals surface area contributed by atoms with Crippen molar-refractivity contribution in [2.24, 2.45) is 0 Å². The Kier molecular flexibility index (Phi) is 4.40. The number of rotatable bonds is 5. The van der Waals surface area contributed by atoms with Crippen molar-refractivity contribution in [2.45, 2.75) is 13.3 Å². The molecule has 0 fully saturated rings. The van der Waals surface area contributed by atoms with Crippen LogP contribution in [0.4, 0.5) is 10.1 Å². The predicted molar refractivity (Wildman–Crippen MR) is 56.0 cm³/mol. The molecule has 2 nitrogen and oxygen atoms in total. The van der Waals surface area contributed by atoms with Crippen molar-refractivity contribution in [2.75, 3.05) is 24.6 Å². The molecule has 1 rings (SSSR count). The van der Waals surface area contributed by atoms with Crippen LogP contribution in [-0.2, 0) is 0 Å². The minimum absolute atomic E-state index is 0.192. The van der Waals surface area contributed by atoms with Gasteiger partial charge in [0.2, 0.25) is 0 Å². The first-order valence-corrected chi connectivity index (χ1v) is 4.89. The zero-order chi connectivity index (χ0) is 10.4. The molecule has 0 bridgehead atoms. The average molecular weight is 197 g/mol. The van der Waals surface area contributed by atoms with Gasteiger partial charge in [-0.05, 0) is 37.6 Å². The van der Waals surface area contributed by atoms with Crippen LogP contribution in [-0.4, -0.2) is 24.8 Å². The molecule has 0 aromatic heterocycles. The van der Waals surface area contributed by atoms with Crippen LogP contribution in [0.2, 0.25) is 0 Å². The Morgan fingerprint density at radius 1 is 1.29 bits per heavy atom. The van der Waals surface area contributed by atoms with Gasteiger partial charge in [0.25, 0.3) is 0 Å². The van der Waals surface area contributed by atoms with Crippen molar-refractivity contribution in [1.82, 2.24) is 0 Å². The molecule has 3 heteroatoms. The summed E-state index contributed by atoms with van der Waals surface area (Å²) in [4.78, 5) is 2.11. The number of benzene rings is 1. The van der Waals surface area contributed by atoms with Gasteiger partial charge in [-0.25, -0.2) is 4.39 Å². The first-order chi connectivity index (χ1) is 6.77. The predicted octanol–water partition coefficient (Wildman–Crippen LogP) is 2.03. The van der Waals surface area contributed by atoms with Crippen molar-refractivity contribution in [3.8, 4) is 0 Å². The maximum absolute atomic E-state index is 12.6. The minimum atomic E-state index is -0.216. The first-order valence-electron chi connectivity index (χ1n) is 4.89. The van der Waals surface area contributed by atoms with E-state index in [0.29, 0.717) is 0 Å². The Hall–Kier alpha value is -1.09. The third-order valence-electron chi connectivity index (χ3n) is 2.16. The number of anilines is 1. The van der Waals surface area contributed by atoms with Gasteiger partial charge in [0, 0.05) is 25.4 Å². The Balaban J connectivity index is 2.64. The summed E-state index contributed by atoms with van der Waals surface area (Å²) in [5, 5.41) is 8.72. The molecule has 0 saturated heterocycles. The van der Waals surface area contributed by atoms with E-state index in [1.807, 2.05) is 6.92 Å². The van der Waals surface area contributed by atoms with Crippen molar-refractivity contribution in [3.05, 3.63) is 30.1 Å². The van der Waals surface area contributed by atoms with E-state index in [2.05, 4.69) is 4.90 Å². The molecule has 0 atom stereocenters. The van der Waals surface area contributed by atoms with Crippen LogP contribution in [0.3, 0.4) is 0 Å². The van der Waals surface area contributed by atoms with E-state index in [0.717, 1.165) is 25.2 Å². The molecule has 0 spiro atoms. The number of hydrogen-bond donors (Lipinski definition) is 1. The van der Waals surface area contributed by atoms with Crippen LogP contribution in [0.5, 0.6) is 0 Å². The standard InChI is InChI=1S/C11H16FNO/c1-2-13(8-3-9-14)11-6-4-10(12)5-7-11/h4-7,14H,2-3,8-9H2,1H3. The van der Waals surface area contributed by atoms with Gasteiger partial charge in [-0.1, -0.05) is 0 Å². The lowest BCUT2D eigenvalue weighted by Crippen LogP contribution is -2.24. The van der Waals surface area contributed by atoms with Gasteiger partial charge in [0.05, 0.1) is 0 Å². The topological polar surface area (TPSA) is 23.5 Å². The van der Waals surface area contributed by atoms with Gasteiger partial charge < -0.3 is 10.0 Å². The molecule has 1 aromatic rings. The molecule has 1 aromatic carbocycles. The number of aliphatic hydroxyl groups excluding tert-OH is 1. The molecule has 0 saturated carbocycles. The molecule has 0 unspecified atom stereocenters. The van der Waals surface area contributed by atoms with E-state index in [-0.39, 0.29) is 12.4 Å². The van der Waals surface area contributed by atoms with E-state index < -0.39 is 0 Å². The number of hydrogen-bond acceptors (Lipinski definition) is 2. The normalized spacial score (nSPS) is 10.2. The molecule has 0 aliphatic rings.